The Bertz CT molecular complexity index is 440. The molecule has 0 bridgehead atoms. The zero-order valence-corrected chi connectivity index (χ0v) is 12.0. The SMILES string of the molecule is CC1(C)CCCC(Nc2ccccc2C(N)=S)C1. The first-order valence-electron chi connectivity index (χ1n) is 6.63. The minimum atomic E-state index is 0.439. The Kier molecular flexibility index (Phi) is 3.91. The number of hydrogen-bond acceptors (Lipinski definition) is 2. The minimum Gasteiger partial charge on any atom is -0.389 e. The lowest BCUT2D eigenvalue weighted by molar-refractivity contribution is 0.229. The Labute approximate surface area is 115 Å². The van der Waals surface area contributed by atoms with Crippen LogP contribution >= 0.6 is 12.2 Å². The van der Waals surface area contributed by atoms with Gasteiger partial charge in [-0.05, 0) is 36.8 Å². The van der Waals surface area contributed by atoms with E-state index >= 15 is 0 Å². The molecule has 3 N–H and O–H groups in total. The molecule has 0 amide bonds. The van der Waals surface area contributed by atoms with Crippen molar-refractivity contribution in [3.05, 3.63) is 29.8 Å². The summed E-state index contributed by atoms with van der Waals surface area (Å²) in [5.74, 6) is 0. The topological polar surface area (TPSA) is 38.0 Å². The van der Waals surface area contributed by atoms with Crippen molar-refractivity contribution in [2.45, 2.75) is 45.6 Å². The number of rotatable bonds is 3. The second-order valence-corrected chi connectivity index (χ2v) is 6.45. The van der Waals surface area contributed by atoms with Gasteiger partial charge in [0.25, 0.3) is 0 Å². The quantitative estimate of drug-likeness (QED) is 0.816. The molecule has 1 fully saturated rings. The first-order valence-corrected chi connectivity index (χ1v) is 7.04. The first kappa shape index (κ1) is 13.3. The molecule has 3 heteroatoms. The van der Waals surface area contributed by atoms with Crippen molar-refractivity contribution in [1.82, 2.24) is 0 Å². The van der Waals surface area contributed by atoms with Gasteiger partial charge in [-0.15, -0.1) is 0 Å². The number of nitrogens with one attached hydrogen (secondary N) is 1. The second-order valence-electron chi connectivity index (χ2n) is 6.01. The third-order valence-corrected chi connectivity index (χ3v) is 3.98. The average molecular weight is 262 g/mol. The fraction of sp³-hybridized carbons (Fsp3) is 0.533. The summed E-state index contributed by atoms with van der Waals surface area (Å²) in [6, 6.07) is 8.58. The summed E-state index contributed by atoms with van der Waals surface area (Å²) in [5.41, 5.74) is 8.23. The molecule has 0 heterocycles. The number of para-hydroxylation sites is 1. The fourth-order valence-electron chi connectivity index (χ4n) is 2.87. The summed E-state index contributed by atoms with van der Waals surface area (Å²) in [6.07, 6.45) is 5.05. The summed E-state index contributed by atoms with van der Waals surface area (Å²) in [5, 5.41) is 3.62. The van der Waals surface area contributed by atoms with Gasteiger partial charge in [0.15, 0.2) is 0 Å². The van der Waals surface area contributed by atoms with Crippen molar-refractivity contribution in [3.8, 4) is 0 Å². The zero-order chi connectivity index (χ0) is 13.2. The van der Waals surface area contributed by atoms with Crippen molar-refractivity contribution in [1.29, 1.82) is 0 Å². The zero-order valence-electron chi connectivity index (χ0n) is 11.2. The number of thiocarbonyl (C=S) groups is 1. The Morgan fingerprint density at radius 1 is 1.39 bits per heavy atom. The molecule has 1 aromatic rings. The summed E-state index contributed by atoms with van der Waals surface area (Å²) >= 11 is 5.10. The molecular formula is C15H22N2S. The number of anilines is 1. The van der Waals surface area contributed by atoms with E-state index < -0.39 is 0 Å². The van der Waals surface area contributed by atoms with E-state index in [0.717, 1.165) is 11.3 Å². The van der Waals surface area contributed by atoms with Crippen molar-refractivity contribution in [3.63, 3.8) is 0 Å². The second kappa shape index (κ2) is 5.27. The van der Waals surface area contributed by atoms with Gasteiger partial charge in [0.05, 0.1) is 0 Å². The van der Waals surface area contributed by atoms with Gasteiger partial charge in [0, 0.05) is 17.3 Å². The molecule has 1 aliphatic rings. The molecule has 0 aliphatic heterocycles. The maximum Gasteiger partial charge on any atom is 0.106 e. The van der Waals surface area contributed by atoms with Crippen LogP contribution < -0.4 is 11.1 Å². The number of nitrogens with two attached hydrogens (primary N) is 1. The summed E-state index contributed by atoms with van der Waals surface area (Å²) in [4.78, 5) is 0.466. The molecular weight excluding hydrogens is 240 g/mol. The van der Waals surface area contributed by atoms with Crippen molar-refractivity contribution in [2.24, 2.45) is 11.1 Å². The van der Waals surface area contributed by atoms with Crippen LogP contribution in [0.25, 0.3) is 0 Å². The molecule has 0 spiro atoms. The minimum absolute atomic E-state index is 0.439. The van der Waals surface area contributed by atoms with Crippen LogP contribution in [0.4, 0.5) is 5.69 Å². The molecule has 18 heavy (non-hydrogen) atoms. The molecule has 98 valence electrons. The van der Waals surface area contributed by atoms with Gasteiger partial charge in [-0.2, -0.15) is 0 Å². The summed E-state index contributed by atoms with van der Waals surface area (Å²) in [7, 11) is 0. The van der Waals surface area contributed by atoms with Crippen LogP contribution in [0, 0.1) is 5.41 Å². The molecule has 1 aromatic carbocycles. The van der Waals surface area contributed by atoms with Gasteiger partial charge in [-0.1, -0.05) is 44.6 Å². The highest BCUT2D eigenvalue weighted by Gasteiger charge is 2.28. The Balaban J connectivity index is 2.12. The monoisotopic (exact) mass is 262 g/mol. The van der Waals surface area contributed by atoms with Gasteiger partial charge in [-0.3, -0.25) is 0 Å². The number of hydrogen-bond donors (Lipinski definition) is 2. The van der Waals surface area contributed by atoms with Gasteiger partial charge < -0.3 is 11.1 Å². The standard InChI is InChI=1S/C15H22N2S/c1-15(2)9-5-6-11(10-15)17-13-8-4-3-7-12(13)14(16)18/h3-4,7-8,11,17H,5-6,9-10H2,1-2H3,(H2,16,18). The van der Waals surface area contributed by atoms with Crippen LogP contribution in [0.15, 0.2) is 24.3 Å². The van der Waals surface area contributed by atoms with Crippen LogP contribution in [-0.2, 0) is 0 Å². The Hall–Kier alpha value is -1.09. The highest BCUT2D eigenvalue weighted by atomic mass is 32.1. The molecule has 2 nitrogen and oxygen atoms in total. The van der Waals surface area contributed by atoms with E-state index in [1.54, 1.807) is 0 Å². The molecule has 0 saturated heterocycles. The predicted molar refractivity (Wildman–Crippen MR) is 82.0 cm³/mol. The van der Waals surface area contributed by atoms with Crippen molar-refractivity contribution < 1.29 is 0 Å². The lowest BCUT2D eigenvalue weighted by Gasteiger charge is -2.36. The van der Waals surface area contributed by atoms with Gasteiger partial charge in [0.1, 0.15) is 4.99 Å². The van der Waals surface area contributed by atoms with Gasteiger partial charge >= 0.3 is 0 Å². The van der Waals surface area contributed by atoms with Crippen LogP contribution in [0.5, 0.6) is 0 Å². The molecule has 1 aliphatic carbocycles. The molecule has 2 rings (SSSR count). The third-order valence-electron chi connectivity index (χ3n) is 3.76. The highest BCUT2D eigenvalue weighted by Crippen LogP contribution is 2.36. The van der Waals surface area contributed by atoms with Crippen molar-refractivity contribution >= 4 is 22.9 Å². The summed E-state index contributed by atoms with van der Waals surface area (Å²) in [6.45, 7) is 4.70. The predicted octanol–water partition coefficient (Wildman–Crippen LogP) is 3.70. The van der Waals surface area contributed by atoms with E-state index in [-0.39, 0.29) is 0 Å². The van der Waals surface area contributed by atoms with Gasteiger partial charge in [-0.25, -0.2) is 0 Å². The number of benzene rings is 1. The van der Waals surface area contributed by atoms with E-state index in [1.807, 2.05) is 18.2 Å². The van der Waals surface area contributed by atoms with E-state index in [2.05, 4.69) is 25.2 Å². The lowest BCUT2D eigenvalue weighted by atomic mass is 9.75. The normalized spacial score (nSPS) is 22.4. The largest absolute Gasteiger partial charge is 0.389 e. The van der Waals surface area contributed by atoms with Gasteiger partial charge in [0.2, 0.25) is 0 Å². The average Bonchev–Trinajstić information content (AvgIpc) is 2.28. The van der Waals surface area contributed by atoms with E-state index in [4.69, 9.17) is 18.0 Å². The molecule has 1 saturated carbocycles. The Morgan fingerprint density at radius 2 is 2.11 bits per heavy atom. The molecule has 0 aromatic heterocycles. The van der Waals surface area contributed by atoms with E-state index in [1.165, 1.54) is 25.7 Å². The first-order chi connectivity index (χ1) is 8.48. The maximum atomic E-state index is 5.76. The lowest BCUT2D eigenvalue weighted by Crippen LogP contribution is -2.32. The van der Waals surface area contributed by atoms with Crippen LogP contribution in [0.2, 0.25) is 0 Å². The maximum absolute atomic E-state index is 5.76. The smallest absolute Gasteiger partial charge is 0.106 e. The third kappa shape index (κ3) is 3.22. The highest BCUT2D eigenvalue weighted by molar-refractivity contribution is 7.80. The molecule has 1 unspecified atom stereocenters. The fourth-order valence-corrected chi connectivity index (χ4v) is 3.04. The van der Waals surface area contributed by atoms with Crippen molar-refractivity contribution in [2.75, 3.05) is 5.32 Å². The molecule has 1 atom stereocenters. The van der Waals surface area contributed by atoms with E-state index in [9.17, 15) is 0 Å². The van der Waals surface area contributed by atoms with Crippen LogP contribution in [0.3, 0.4) is 0 Å². The summed E-state index contributed by atoms with van der Waals surface area (Å²) < 4.78 is 0. The van der Waals surface area contributed by atoms with Crippen LogP contribution in [0.1, 0.15) is 45.1 Å². The van der Waals surface area contributed by atoms with E-state index in [0.29, 0.717) is 16.4 Å². The Morgan fingerprint density at radius 3 is 2.78 bits per heavy atom. The van der Waals surface area contributed by atoms with Crippen LogP contribution in [-0.4, -0.2) is 11.0 Å². The molecule has 0 radical (unpaired) electrons.